The third-order valence-electron chi connectivity index (χ3n) is 4.41. The van der Waals surface area contributed by atoms with E-state index in [1.165, 1.54) is 5.39 Å². The minimum Gasteiger partial charge on any atom is -0.478 e. The minimum atomic E-state index is -0.989. The van der Waals surface area contributed by atoms with Crippen LogP contribution in [-0.4, -0.2) is 15.6 Å². The first kappa shape index (κ1) is 15.0. The quantitative estimate of drug-likeness (QED) is 0.606. The highest BCUT2D eigenvalue weighted by atomic mass is 16.4. The van der Waals surface area contributed by atoms with Crippen LogP contribution in [0.2, 0.25) is 0 Å². The molecule has 4 nitrogen and oxygen atoms in total. The van der Waals surface area contributed by atoms with E-state index < -0.39 is 5.97 Å². The van der Waals surface area contributed by atoms with Crippen molar-refractivity contribution in [2.45, 2.75) is 6.54 Å². The van der Waals surface area contributed by atoms with Gasteiger partial charge in [-0.2, -0.15) is 5.26 Å². The van der Waals surface area contributed by atoms with E-state index in [0.29, 0.717) is 17.5 Å². The van der Waals surface area contributed by atoms with Crippen molar-refractivity contribution in [1.82, 2.24) is 4.57 Å². The third-order valence-corrected chi connectivity index (χ3v) is 4.41. The number of carboxylic acid groups (broad SMARTS) is 1. The lowest BCUT2D eigenvalue weighted by atomic mass is 10.1. The number of benzene rings is 3. The third kappa shape index (κ3) is 2.62. The highest BCUT2D eigenvalue weighted by Crippen LogP contribution is 2.25. The van der Waals surface area contributed by atoms with Gasteiger partial charge in [0.15, 0.2) is 0 Å². The zero-order chi connectivity index (χ0) is 17.4. The molecule has 25 heavy (non-hydrogen) atoms. The minimum absolute atomic E-state index is 0.216. The van der Waals surface area contributed by atoms with E-state index in [4.69, 9.17) is 5.26 Å². The number of nitriles is 1. The monoisotopic (exact) mass is 326 g/mol. The van der Waals surface area contributed by atoms with Gasteiger partial charge in [0.05, 0.1) is 17.2 Å². The van der Waals surface area contributed by atoms with E-state index in [9.17, 15) is 9.90 Å². The number of fused-ring (bicyclic) bond motifs is 2. The number of rotatable bonds is 3. The molecule has 0 fully saturated rings. The molecule has 0 atom stereocenters. The van der Waals surface area contributed by atoms with Crippen molar-refractivity contribution >= 4 is 27.6 Å². The Balaban J connectivity index is 1.83. The summed E-state index contributed by atoms with van der Waals surface area (Å²) in [5, 5.41) is 21.5. The maximum Gasteiger partial charge on any atom is 0.337 e. The molecule has 3 aromatic carbocycles. The van der Waals surface area contributed by atoms with E-state index >= 15 is 0 Å². The lowest BCUT2D eigenvalue weighted by Crippen LogP contribution is -1.99. The Hall–Kier alpha value is -3.58. The average Bonchev–Trinajstić information content (AvgIpc) is 2.99. The van der Waals surface area contributed by atoms with Crippen molar-refractivity contribution in [3.63, 3.8) is 0 Å². The molecule has 0 radical (unpaired) electrons. The number of carbonyl (C=O) groups is 1. The number of aromatic nitrogens is 1. The molecule has 1 N–H and O–H groups in total. The maximum absolute atomic E-state index is 11.6. The fourth-order valence-electron chi connectivity index (χ4n) is 3.20. The van der Waals surface area contributed by atoms with E-state index in [1.807, 2.05) is 16.7 Å². The highest BCUT2D eigenvalue weighted by molar-refractivity contribution is 6.03. The van der Waals surface area contributed by atoms with Gasteiger partial charge in [0, 0.05) is 23.6 Å². The fourth-order valence-corrected chi connectivity index (χ4v) is 3.20. The maximum atomic E-state index is 11.6. The van der Waals surface area contributed by atoms with Gasteiger partial charge in [0.2, 0.25) is 0 Å². The molecule has 1 heterocycles. The summed E-state index contributed by atoms with van der Waals surface area (Å²) in [5.41, 5.74) is 2.58. The largest absolute Gasteiger partial charge is 0.478 e. The Kier molecular flexibility index (Phi) is 3.48. The second kappa shape index (κ2) is 5.81. The molecule has 120 valence electrons. The lowest BCUT2D eigenvalue weighted by Gasteiger charge is -2.07. The van der Waals surface area contributed by atoms with Gasteiger partial charge in [-0.05, 0) is 40.6 Å². The second-order valence-corrected chi connectivity index (χ2v) is 6.00. The SMILES string of the molecule is N#Cc1ccc2c(c1)c(C(=O)O)cn2Cc1ccc2ccccc2c1. The zero-order valence-corrected chi connectivity index (χ0v) is 13.3. The van der Waals surface area contributed by atoms with Gasteiger partial charge in [0.25, 0.3) is 0 Å². The predicted octanol–water partition coefficient (Wildman–Crippen LogP) is 4.41. The van der Waals surface area contributed by atoms with E-state index in [-0.39, 0.29) is 5.56 Å². The number of carboxylic acids is 1. The first-order valence-corrected chi connectivity index (χ1v) is 7.90. The molecule has 0 aliphatic rings. The zero-order valence-electron chi connectivity index (χ0n) is 13.3. The molecule has 0 spiro atoms. The number of hydrogen-bond acceptors (Lipinski definition) is 2. The van der Waals surface area contributed by atoms with Crippen molar-refractivity contribution in [1.29, 1.82) is 5.26 Å². The Morgan fingerprint density at radius 1 is 1.04 bits per heavy atom. The van der Waals surface area contributed by atoms with Gasteiger partial charge in [-0.3, -0.25) is 0 Å². The molecule has 0 saturated carbocycles. The average molecular weight is 326 g/mol. The summed E-state index contributed by atoms with van der Waals surface area (Å²) in [4.78, 5) is 11.6. The van der Waals surface area contributed by atoms with Gasteiger partial charge in [-0.25, -0.2) is 4.79 Å². The second-order valence-electron chi connectivity index (χ2n) is 6.00. The topological polar surface area (TPSA) is 66.0 Å². The first-order chi connectivity index (χ1) is 12.2. The molecule has 4 rings (SSSR count). The van der Waals surface area contributed by atoms with Crippen molar-refractivity contribution < 1.29 is 9.90 Å². The summed E-state index contributed by atoms with van der Waals surface area (Å²) in [6.45, 7) is 0.570. The fraction of sp³-hybridized carbons (Fsp3) is 0.0476. The molecular weight excluding hydrogens is 312 g/mol. The highest BCUT2D eigenvalue weighted by Gasteiger charge is 2.15. The van der Waals surface area contributed by atoms with E-state index in [2.05, 4.69) is 36.4 Å². The summed E-state index contributed by atoms with van der Waals surface area (Å²) in [5.74, 6) is -0.989. The van der Waals surface area contributed by atoms with Gasteiger partial charge < -0.3 is 9.67 Å². The van der Waals surface area contributed by atoms with Crippen molar-refractivity contribution in [3.8, 4) is 6.07 Å². The summed E-state index contributed by atoms with van der Waals surface area (Å²) >= 11 is 0. The summed E-state index contributed by atoms with van der Waals surface area (Å²) in [6, 6.07) is 21.6. The molecule has 0 amide bonds. The van der Waals surface area contributed by atoms with Crippen molar-refractivity contribution in [3.05, 3.63) is 83.6 Å². The van der Waals surface area contributed by atoms with Crippen LogP contribution in [0.5, 0.6) is 0 Å². The molecule has 0 unspecified atom stereocenters. The molecule has 0 saturated heterocycles. The van der Waals surface area contributed by atoms with Crippen LogP contribution in [-0.2, 0) is 6.54 Å². The van der Waals surface area contributed by atoms with Crippen LogP contribution in [0.1, 0.15) is 21.5 Å². The molecule has 4 heteroatoms. The Morgan fingerprint density at radius 2 is 1.84 bits per heavy atom. The Morgan fingerprint density at radius 3 is 2.60 bits per heavy atom. The first-order valence-electron chi connectivity index (χ1n) is 7.90. The number of nitrogens with zero attached hydrogens (tertiary/aromatic N) is 2. The Bertz CT molecular complexity index is 1170. The molecule has 0 aliphatic carbocycles. The normalized spacial score (nSPS) is 10.8. The summed E-state index contributed by atoms with van der Waals surface area (Å²) < 4.78 is 1.92. The van der Waals surface area contributed by atoms with Crippen LogP contribution in [0.15, 0.2) is 66.9 Å². The smallest absolute Gasteiger partial charge is 0.337 e. The number of aromatic carboxylic acids is 1. The van der Waals surface area contributed by atoms with Crippen molar-refractivity contribution in [2.24, 2.45) is 0 Å². The summed E-state index contributed by atoms with van der Waals surface area (Å²) in [7, 11) is 0. The van der Waals surface area contributed by atoms with E-state index in [1.54, 1.807) is 24.4 Å². The predicted molar refractivity (Wildman–Crippen MR) is 96.7 cm³/mol. The van der Waals surface area contributed by atoms with Crippen LogP contribution in [0, 0.1) is 11.3 Å². The molecule has 0 bridgehead atoms. The molecule has 4 aromatic rings. The van der Waals surface area contributed by atoms with Crippen LogP contribution >= 0.6 is 0 Å². The Labute approximate surface area is 144 Å². The van der Waals surface area contributed by atoms with Gasteiger partial charge in [-0.15, -0.1) is 0 Å². The van der Waals surface area contributed by atoms with Crippen molar-refractivity contribution in [2.75, 3.05) is 0 Å². The standard InChI is InChI=1S/C21H14N2O2/c22-11-14-6-8-20-18(10-14)19(21(24)25)13-23(20)12-15-5-7-16-3-1-2-4-17(16)9-15/h1-10,13H,12H2,(H,24,25). The number of hydrogen-bond donors (Lipinski definition) is 1. The van der Waals surface area contributed by atoms with Crippen LogP contribution in [0.3, 0.4) is 0 Å². The molecule has 0 aliphatic heterocycles. The summed E-state index contributed by atoms with van der Waals surface area (Å²) in [6.07, 6.45) is 1.64. The van der Waals surface area contributed by atoms with E-state index in [0.717, 1.165) is 16.5 Å². The van der Waals surface area contributed by atoms with Gasteiger partial charge >= 0.3 is 5.97 Å². The van der Waals surface area contributed by atoms with Crippen LogP contribution in [0.25, 0.3) is 21.7 Å². The van der Waals surface area contributed by atoms with Crippen LogP contribution < -0.4 is 0 Å². The van der Waals surface area contributed by atoms with Gasteiger partial charge in [0.1, 0.15) is 0 Å². The molecular formula is C21H14N2O2. The lowest BCUT2D eigenvalue weighted by molar-refractivity contribution is 0.0699. The molecule has 1 aromatic heterocycles. The van der Waals surface area contributed by atoms with Gasteiger partial charge in [-0.1, -0.05) is 36.4 Å². The van der Waals surface area contributed by atoms with Crippen LogP contribution in [0.4, 0.5) is 0 Å².